The molecule has 102 valence electrons. The molecule has 0 radical (unpaired) electrons. The van der Waals surface area contributed by atoms with E-state index in [0.29, 0.717) is 0 Å². The minimum atomic E-state index is -0.750. The van der Waals surface area contributed by atoms with Gasteiger partial charge in [-0.2, -0.15) is 0 Å². The minimum Gasteiger partial charge on any atom is -0.852 e. The number of hydrogen-bond acceptors (Lipinski definition) is 4. The van der Waals surface area contributed by atoms with Crippen LogP contribution in [-0.2, 0) is 25.9 Å². The van der Waals surface area contributed by atoms with E-state index in [9.17, 15) is 0 Å². The van der Waals surface area contributed by atoms with E-state index < -0.39 is 10.3 Å². The van der Waals surface area contributed by atoms with Gasteiger partial charge in [0.15, 0.2) is 0 Å². The zero-order valence-electron chi connectivity index (χ0n) is 11.0. The van der Waals surface area contributed by atoms with Gasteiger partial charge in [-0.1, -0.05) is 68.1 Å². The molecular formula is C12H18N2O2S2Zn. The number of hydrogen-bond donors (Lipinski definition) is 2. The van der Waals surface area contributed by atoms with Gasteiger partial charge in [0.1, 0.15) is 0 Å². The topological polar surface area (TPSA) is 98.2 Å². The first kappa shape index (κ1) is 23.3. The molecule has 0 amide bonds. The number of nitrogens with two attached hydrogens (primary N) is 2. The van der Waals surface area contributed by atoms with Gasteiger partial charge < -0.3 is 21.7 Å². The summed E-state index contributed by atoms with van der Waals surface area (Å²) in [7, 11) is 0. The molecule has 0 saturated heterocycles. The van der Waals surface area contributed by atoms with Crippen LogP contribution in [0.2, 0.25) is 0 Å². The fourth-order valence-electron chi connectivity index (χ4n) is 1.03. The molecule has 1 rings (SSSR count). The predicted molar refractivity (Wildman–Crippen MR) is 78.6 cm³/mol. The van der Waals surface area contributed by atoms with Crippen molar-refractivity contribution in [2.75, 3.05) is 0 Å². The minimum absolute atomic E-state index is 0. The molecule has 0 aliphatic heterocycles. The van der Waals surface area contributed by atoms with E-state index in [0.717, 1.165) is 0 Å². The second kappa shape index (κ2) is 17.2. The molecule has 0 aliphatic rings. The molecule has 0 atom stereocenters. The Morgan fingerprint density at radius 1 is 1.05 bits per heavy atom. The van der Waals surface area contributed by atoms with Gasteiger partial charge in [-0.15, -0.1) is 0 Å². The van der Waals surface area contributed by atoms with Crippen molar-refractivity contribution in [3.63, 3.8) is 0 Å². The monoisotopic (exact) mass is 350 g/mol. The van der Waals surface area contributed by atoms with Gasteiger partial charge in [-0.3, -0.25) is 0 Å². The number of aryl methyl sites for hydroxylation is 1. The van der Waals surface area contributed by atoms with Gasteiger partial charge in [0.25, 0.3) is 0 Å². The molecule has 0 unspecified atom stereocenters. The standard InChI is InChI=1S/C10H14.2CH3NOS.Zn/c1-2-3-7-10-8-5-4-6-9-10;2*2-1(3)4;/h4-6,8-9H,2-3,7H2,1H3;2*(H3,2,3,4);/q;;;+2/p-2. The van der Waals surface area contributed by atoms with Crippen LogP contribution in [0.1, 0.15) is 25.3 Å². The maximum Gasteiger partial charge on any atom is 2.00 e. The molecule has 1 aromatic rings. The van der Waals surface area contributed by atoms with Crippen LogP contribution in [0.3, 0.4) is 0 Å². The normalized spacial score (nSPS) is 7.63. The summed E-state index contributed by atoms with van der Waals surface area (Å²) < 4.78 is 0. The summed E-state index contributed by atoms with van der Waals surface area (Å²) in [5, 5.41) is 16.6. The number of unbranched alkanes of at least 4 members (excludes halogenated alkanes) is 1. The first-order valence-corrected chi connectivity index (χ1v) is 6.18. The van der Waals surface area contributed by atoms with Crippen molar-refractivity contribution in [1.82, 2.24) is 0 Å². The first-order chi connectivity index (χ1) is 8.40. The summed E-state index contributed by atoms with van der Waals surface area (Å²) in [6.45, 7) is 2.23. The average molecular weight is 352 g/mol. The molecule has 0 heterocycles. The zero-order chi connectivity index (χ0) is 14.4. The van der Waals surface area contributed by atoms with Gasteiger partial charge in [0, 0.05) is 10.3 Å². The van der Waals surface area contributed by atoms with Crippen LogP contribution in [0.4, 0.5) is 0 Å². The maximum atomic E-state index is 9.04. The van der Waals surface area contributed by atoms with Crippen molar-refractivity contribution in [2.24, 2.45) is 11.5 Å². The van der Waals surface area contributed by atoms with Gasteiger partial charge in [0.2, 0.25) is 0 Å². The van der Waals surface area contributed by atoms with Crippen LogP contribution in [0.5, 0.6) is 0 Å². The molecular weight excluding hydrogens is 334 g/mol. The zero-order valence-corrected chi connectivity index (χ0v) is 15.6. The molecule has 7 heteroatoms. The van der Waals surface area contributed by atoms with Crippen LogP contribution in [0.15, 0.2) is 30.3 Å². The van der Waals surface area contributed by atoms with E-state index in [1.54, 1.807) is 0 Å². The third-order valence-corrected chi connectivity index (χ3v) is 1.66. The summed E-state index contributed by atoms with van der Waals surface area (Å²) in [5.74, 6) is 0. The Kier molecular flexibility index (Phi) is 21.1. The van der Waals surface area contributed by atoms with Crippen LogP contribution >= 0.6 is 24.4 Å². The molecule has 0 aromatic heterocycles. The van der Waals surface area contributed by atoms with Crippen molar-refractivity contribution < 1.29 is 29.7 Å². The molecule has 0 fully saturated rings. The maximum absolute atomic E-state index is 9.04. The van der Waals surface area contributed by atoms with Crippen LogP contribution < -0.4 is 21.7 Å². The third kappa shape index (κ3) is 31.7. The van der Waals surface area contributed by atoms with Crippen molar-refractivity contribution in [1.29, 1.82) is 0 Å². The second-order valence-corrected chi connectivity index (χ2v) is 4.03. The summed E-state index contributed by atoms with van der Waals surface area (Å²) in [5.41, 5.74) is 10.0. The average Bonchev–Trinajstić information content (AvgIpc) is 2.26. The molecule has 0 saturated carbocycles. The second-order valence-electron chi connectivity index (χ2n) is 3.23. The van der Waals surface area contributed by atoms with E-state index in [-0.39, 0.29) is 19.5 Å². The molecule has 0 aliphatic carbocycles. The van der Waals surface area contributed by atoms with Crippen molar-refractivity contribution >= 4 is 34.8 Å². The summed E-state index contributed by atoms with van der Waals surface area (Å²) in [4.78, 5) is 0. The molecule has 4 nitrogen and oxygen atoms in total. The fourth-order valence-corrected chi connectivity index (χ4v) is 1.03. The summed E-state index contributed by atoms with van der Waals surface area (Å²) in [6, 6.07) is 10.6. The van der Waals surface area contributed by atoms with Gasteiger partial charge in [-0.05, 0) is 18.4 Å². The van der Waals surface area contributed by atoms with E-state index in [1.807, 2.05) is 0 Å². The molecule has 0 spiro atoms. The molecule has 1 aromatic carbocycles. The first-order valence-electron chi connectivity index (χ1n) is 5.37. The number of rotatable bonds is 3. The van der Waals surface area contributed by atoms with Crippen molar-refractivity contribution in [3.05, 3.63) is 35.9 Å². The van der Waals surface area contributed by atoms with Gasteiger partial charge in [0.05, 0.1) is 0 Å². The van der Waals surface area contributed by atoms with E-state index in [1.165, 1.54) is 24.8 Å². The van der Waals surface area contributed by atoms with Crippen molar-refractivity contribution in [3.8, 4) is 0 Å². The Balaban J connectivity index is -0.000000242. The van der Waals surface area contributed by atoms with E-state index in [2.05, 4.69) is 73.2 Å². The fraction of sp³-hybridized carbons (Fsp3) is 0.333. The Morgan fingerprint density at radius 2 is 1.42 bits per heavy atom. The largest absolute Gasteiger partial charge is 2.00 e. The van der Waals surface area contributed by atoms with Gasteiger partial charge in [-0.25, -0.2) is 0 Å². The summed E-state index contributed by atoms with van der Waals surface area (Å²) in [6.07, 6.45) is 3.83. The van der Waals surface area contributed by atoms with Crippen LogP contribution in [0, 0.1) is 0 Å². The molecule has 4 N–H and O–H groups in total. The number of thiocarbonyl (C=S) groups is 2. The quantitative estimate of drug-likeness (QED) is 0.596. The SMILES string of the molecule is CCCCc1ccccc1.NC([O-])=S.NC([O-])=S.[Zn+2]. The van der Waals surface area contributed by atoms with E-state index >= 15 is 0 Å². The van der Waals surface area contributed by atoms with Gasteiger partial charge >= 0.3 is 19.5 Å². The molecule has 0 bridgehead atoms. The van der Waals surface area contributed by atoms with Crippen molar-refractivity contribution in [2.45, 2.75) is 26.2 Å². The summed E-state index contributed by atoms with van der Waals surface area (Å²) >= 11 is 7.52. The smallest absolute Gasteiger partial charge is 0.852 e. The Hall–Kier alpha value is -0.777. The van der Waals surface area contributed by atoms with E-state index in [4.69, 9.17) is 10.2 Å². The predicted octanol–water partition coefficient (Wildman–Crippen LogP) is 0.207. The Labute approximate surface area is 138 Å². The third-order valence-electron chi connectivity index (χ3n) is 1.66. The number of benzene rings is 1. The Bertz CT molecular complexity index is 318. The molecule has 19 heavy (non-hydrogen) atoms. The van der Waals surface area contributed by atoms with Crippen LogP contribution in [-0.4, -0.2) is 10.3 Å². The van der Waals surface area contributed by atoms with Crippen LogP contribution in [0.25, 0.3) is 0 Å². The Morgan fingerprint density at radius 3 is 1.74 bits per heavy atom.